The second-order valence-corrected chi connectivity index (χ2v) is 5.31. The largest absolute Gasteiger partial charge is 0.395 e. The lowest BCUT2D eigenvalue weighted by Crippen LogP contribution is -2.46. The third kappa shape index (κ3) is 3.34. The Hall–Kier alpha value is -2.05. The van der Waals surface area contributed by atoms with Crippen LogP contribution >= 0.6 is 0 Å². The first-order valence-corrected chi connectivity index (χ1v) is 7.48. The monoisotopic (exact) mass is 293 g/mol. The number of hydrogen-bond acceptors (Lipinski definition) is 4. The highest BCUT2D eigenvalue weighted by Crippen LogP contribution is 2.19. The van der Waals surface area contributed by atoms with Crippen LogP contribution in [0.5, 0.6) is 0 Å². The highest BCUT2D eigenvalue weighted by atomic mass is 16.2. The van der Waals surface area contributed by atoms with Crippen LogP contribution in [0.3, 0.4) is 0 Å². The van der Waals surface area contributed by atoms with Gasteiger partial charge in [-0.15, -0.1) is 0 Å². The van der Waals surface area contributed by atoms with E-state index in [4.69, 9.17) is 5.73 Å². The predicted octanol–water partition coefficient (Wildman–Crippen LogP) is 0.685. The molecule has 1 fully saturated rings. The Kier molecular flexibility index (Phi) is 4.82. The average Bonchev–Trinajstić information content (AvgIpc) is 2.88. The second-order valence-electron chi connectivity index (χ2n) is 5.31. The van der Waals surface area contributed by atoms with Gasteiger partial charge in [-0.1, -0.05) is 13.8 Å². The van der Waals surface area contributed by atoms with E-state index in [-0.39, 0.29) is 17.9 Å². The number of nitrogens with one attached hydrogen (secondary N) is 2. The van der Waals surface area contributed by atoms with Gasteiger partial charge in [0.15, 0.2) is 5.69 Å². The molecule has 0 saturated carbocycles. The minimum absolute atomic E-state index is 0.0592. The van der Waals surface area contributed by atoms with Crippen LogP contribution in [0.1, 0.15) is 49.3 Å². The molecule has 1 aliphatic heterocycles. The summed E-state index contributed by atoms with van der Waals surface area (Å²) >= 11 is 0. The molecule has 4 N–H and O–H groups in total. The zero-order chi connectivity index (χ0) is 15.4. The molecule has 0 radical (unpaired) electrons. The molecule has 21 heavy (non-hydrogen) atoms. The average molecular weight is 293 g/mol. The summed E-state index contributed by atoms with van der Waals surface area (Å²) in [5.41, 5.74) is 7.49. The van der Waals surface area contributed by atoms with E-state index >= 15 is 0 Å². The number of piperidine rings is 1. The number of carbonyl (C=O) groups excluding carboxylic acids is 2. The number of nitrogens with two attached hydrogens (primary N) is 1. The van der Waals surface area contributed by atoms with Gasteiger partial charge in [0.25, 0.3) is 5.91 Å². The zero-order valence-electron chi connectivity index (χ0n) is 12.6. The summed E-state index contributed by atoms with van der Waals surface area (Å²) < 4.78 is 0. The Morgan fingerprint density at radius 1 is 1.38 bits per heavy atom. The van der Waals surface area contributed by atoms with Crippen molar-refractivity contribution in [1.29, 1.82) is 0 Å². The van der Waals surface area contributed by atoms with E-state index in [1.165, 1.54) is 0 Å². The molecule has 2 heterocycles. The van der Waals surface area contributed by atoms with Crippen LogP contribution in [-0.4, -0.2) is 46.0 Å². The smallest absolute Gasteiger partial charge is 0.276 e. The van der Waals surface area contributed by atoms with Crippen LogP contribution < -0.4 is 11.1 Å². The van der Waals surface area contributed by atoms with Crippen molar-refractivity contribution in [2.24, 2.45) is 0 Å². The molecule has 2 rings (SSSR count). The number of nitrogen functional groups attached to an aromatic ring is 1. The van der Waals surface area contributed by atoms with Gasteiger partial charge in [0.1, 0.15) is 0 Å². The minimum atomic E-state index is -0.135. The number of nitrogens with zero attached hydrogens (tertiary/aromatic N) is 2. The second kappa shape index (κ2) is 6.60. The molecule has 1 aliphatic rings. The van der Waals surface area contributed by atoms with Gasteiger partial charge in [-0.3, -0.25) is 14.7 Å². The van der Waals surface area contributed by atoms with Crippen LogP contribution in [0, 0.1) is 0 Å². The van der Waals surface area contributed by atoms with Crippen molar-refractivity contribution >= 4 is 17.5 Å². The summed E-state index contributed by atoms with van der Waals surface area (Å²) in [5.74, 6) is -0.0763. The van der Waals surface area contributed by atoms with Gasteiger partial charge < -0.3 is 16.0 Å². The summed E-state index contributed by atoms with van der Waals surface area (Å²) in [6.07, 6.45) is 2.74. The van der Waals surface area contributed by atoms with Crippen molar-refractivity contribution in [3.05, 3.63) is 11.4 Å². The van der Waals surface area contributed by atoms with Gasteiger partial charge in [-0.25, -0.2) is 0 Å². The third-order valence-electron chi connectivity index (χ3n) is 3.91. The van der Waals surface area contributed by atoms with Crippen molar-refractivity contribution in [2.75, 3.05) is 18.8 Å². The van der Waals surface area contributed by atoms with Crippen molar-refractivity contribution in [1.82, 2.24) is 20.4 Å². The first-order valence-electron chi connectivity index (χ1n) is 7.48. The highest BCUT2D eigenvalue weighted by molar-refractivity contribution is 5.97. The van der Waals surface area contributed by atoms with Gasteiger partial charge in [0.2, 0.25) is 5.91 Å². The van der Waals surface area contributed by atoms with Crippen LogP contribution in [-0.2, 0) is 11.2 Å². The fourth-order valence-electron chi connectivity index (χ4n) is 2.53. The Morgan fingerprint density at radius 3 is 2.57 bits per heavy atom. The number of H-pyrrole nitrogens is 1. The van der Waals surface area contributed by atoms with E-state index in [0.717, 1.165) is 25.0 Å². The number of anilines is 1. The van der Waals surface area contributed by atoms with Crippen LogP contribution in [0.25, 0.3) is 0 Å². The van der Waals surface area contributed by atoms with Crippen molar-refractivity contribution in [2.45, 2.75) is 45.6 Å². The molecule has 0 atom stereocenters. The molecule has 7 nitrogen and oxygen atoms in total. The lowest BCUT2D eigenvalue weighted by molar-refractivity contribution is -0.121. The number of carbonyl (C=O) groups is 2. The molecule has 0 spiro atoms. The standard InChI is InChI=1S/C14H23N5O2/c1-3-10-12(15)13(18-17-10)14(21)19-7-5-9(6-8-19)16-11(20)4-2/h9H,3-8,15H2,1-2H3,(H,16,20)(H,17,18). The van der Waals surface area contributed by atoms with E-state index in [2.05, 4.69) is 15.5 Å². The topological polar surface area (TPSA) is 104 Å². The number of aromatic amines is 1. The van der Waals surface area contributed by atoms with Crippen LogP contribution in [0.15, 0.2) is 0 Å². The summed E-state index contributed by atoms with van der Waals surface area (Å²) in [7, 11) is 0. The lowest BCUT2D eigenvalue weighted by atomic mass is 10.0. The molecule has 1 aromatic heterocycles. The molecule has 2 amide bonds. The molecule has 0 unspecified atom stereocenters. The summed E-state index contributed by atoms with van der Waals surface area (Å²) in [4.78, 5) is 25.5. The zero-order valence-corrected chi connectivity index (χ0v) is 12.6. The van der Waals surface area contributed by atoms with E-state index in [1.807, 2.05) is 13.8 Å². The first-order chi connectivity index (χ1) is 10.1. The molecule has 0 aliphatic carbocycles. The number of likely N-dealkylation sites (tertiary alicyclic amines) is 1. The fraction of sp³-hybridized carbons (Fsp3) is 0.643. The Labute approximate surface area is 124 Å². The number of rotatable bonds is 4. The van der Waals surface area contributed by atoms with Gasteiger partial charge >= 0.3 is 0 Å². The number of aromatic nitrogens is 2. The Morgan fingerprint density at radius 2 is 2.05 bits per heavy atom. The molecular formula is C14H23N5O2. The SMILES string of the molecule is CCC(=O)NC1CCN(C(=O)c2n[nH]c(CC)c2N)CC1. The van der Waals surface area contributed by atoms with Crippen molar-refractivity contribution in [3.63, 3.8) is 0 Å². The Bertz CT molecular complexity index is 517. The van der Waals surface area contributed by atoms with Gasteiger partial charge in [0.05, 0.1) is 11.4 Å². The molecule has 1 aromatic rings. The maximum atomic E-state index is 12.4. The van der Waals surface area contributed by atoms with Crippen LogP contribution in [0.4, 0.5) is 5.69 Å². The minimum Gasteiger partial charge on any atom is -0.395 e. The molecule has 1 saturated heterocycles. The summed E-state index contributed by atoms with van der Waals surface area (Å²) in [6.45, 7) is 5.02. The normalized spacial score (nSPS) is 16.0. The first kappa shape index (κ1) is 15.3. The van der Waals surface area contributed by atoms with E-state index in [9.17, 15) is 9.59 Å². The van der Waals surface area contributed by atoms with Crippen molar-refractivity contribution < 1.29 is 9.59 Å². The van der Waals surface area contributed by atoms with Crippen molar-refractivity contribution in [3.8, 4) is 0 Å². The summed E-state index contributed by atoms with van der Waals surface area (Å²) in [5, 5.41) is 9.81. The quantitative estimate of drug-likeness (QED) is 0.759. The molecule has 116 valence electrons. The van der Waals surface area contributed by atoms with E-state index < -0.39 is 0 Å². The summed E-state index contributed by atoms with van der Waals surface area (Å²) in [6, 6.07) is 0.157. The van der Waals surface area contributed by atoms with E-state index in [0.29, 0.717) is 30.9 Å². The van der Waals surface area contributed by atoms with E-state index in [1.54, 1.807) is 4.90 Å². The maximum Gasteiger partial charge on any atom is 0.276 e. The van der Waals surface area contributed by atoms with Gasteiger partial charge in [0, 0.05) is 25.6 Å². The third-order valence-corrected chi connectivity index (χ3v) is 3.91. The molecule has 0 aromatic carbocycles. The molecular weight excluding hydrogens is 270 g/mol. The fourth-order valence-corrected chi connectivity index (χ4v) is 2.53. The number of hydrogen-bond donors (Lipinski definition) is 3. The highest BCUT2D eigenvalue weighted by Gasteiger charge is 2.27. The molecule has 0 bridgehead atoms. The maximum absolute atomic E-state index is 12.4. The lowest BCUT2D eigenvalue weighted by Gasteiger charge is -2.32. The van der Waals surface area contributed by atoms with Gasteiger partial charge in [-0.05, 0) is 19.3 Å². The van der Waals surface area contributed by atoms with Gasteiger partial charge in [-0.2, -0.15) is 5.10 Å². The number of aryl methyl sites for hydroxylation is 1. The Balaban J connectivity index is 1.94. The number of amides is 2. The van der Waals surface area contributed by atoms with Crippen LogP contribution in [0.2, 0.25) is 0 Å². The molecule has 7 heteroatoms. The predicted molar refractivity (Wildman–Crippen MR) is 79.7 cm³/mol.